The van der Waals surface area contributed by atoms with Gasteiger partial charge in [-0.1, -0.05) is 0 Å². The van der Waals surface area contributed by atoms with Gasteiger partial charge in [-0.25, -0.2) is 0 Å². The van der Waals surface area contributed by atoms with Crippen molar-refractivity contribution in [2.45, 2.75) is 39.7 Å². The van der Waals surface area contributed by atoms with Gasteiger partial charge in [0.15, 0.2) is 0 Å². The van der Waals surface area contributed by atoms with Crippen LogP contribution in [0.2, 0.25) is 0 Å². The van der Waals surface area contributed by atoms with E-state index in [4.69, 9.17) is 20.4 Å². The van der Waals surface area contributed by atoms with Crippen LogP contribution in [0.15, 0.2) is 0 Å². The molecule has 1 unspecified atom stereocenters. The Morgan fingerprint density at radius 3 is 1.81 bits per heavy atom. The number of carboxylic acids is 2. The molecular weight excluding hydrogens is 216 g/mol. The Morgan fingerprint density at radius 1 is 1.25 bits per heavy atom. The standard InChI is InChI=1S/C7H12O4.C3H8O2/c1-7(2,6(10)11)4-3-5(8)9;1-3(5)2-4/h3-4H2,1-2H3,(H,8,9)(H,10,11);3-5H,2H2,1H3. The fraction of sp³-hybridized carbons (Fsp3) is 0.800. The Morgan fingerprint density at radius 2 is 1.62 bits per heavy atom. The Balaban J connectivity index is 0. The summed E-state index contributed by atoms with van der Waals surface area (Å²) < 4.78 is 0. The first-order valence-corrected chi connectivity index (χ1v) is 4.87. The lowest BCUT2D eigenvalue weighted by Crippen LogP contribution is -2.24. The second-order valence-electron chi connectivity index (χ2n) is 4.11. The minimum Gasteiger partial charge on any atom is -0.481 e. The summed E-state index contributed by atoms with van der Waals surface area (Å²) in [4.78, 5) is 20.5. The number of aliphatic hydroxyl groups is 2. The van der Waals surface area contributed by atoms with Gasteiger partial charge in [0.05, 0.1) is 18.1 Å². The zero-order valence-corrected chi connectivity index (χ0v) is 9.80. The highest BCUT2D eigenvalue weighted by Gasteiger charge is 2.27. The highest BCUT2D eigenvalue weighted by atomic mass is 16.4. The van der Waals surface area contributed by atoms with Gasteiger partial charge in [0.2, 0.25) is 0 Å². The fourth-order valence-electron chi connectivity index (χ4n) is 0.526. The molecule has 0 rings (SSSR count). The Kier molecular flexibility index (Phi) is 8.70. The van der Waals surface area contributed by atoms with Crippen LogP contribution in [0.25, 0.3) is 0 Å². The second kappa shape index (κ2) is 8.06. The van der Waals surface area contributed by atoms with Crippen molar-refractivity contribution in [1.82, 2.24) is 0 Å². The predicted octanol–water partition coefficient (Wildman–Crippen LogP) is 0.321. The molecule has 0 aromatic carbocycles. The van der Waals surface area contributed by atoms with Crippen molar-refractivity contribution in [2.24, 2.45) is 5.41 Å². The largest absolute Gasteiger partial charge is 0.481 e. The molecular formula is C10H20O6. The molecule has 96 valence electrons. The molecule has 0 spiro atoms. The van der Waals surface area contributed by atoms with Crippen molar-refractivity contribution in [3.05, 3.63) is 0 Å². The highest BCUT2D eigenvalue weighted by molar-refractivity contribution is 5.75. The highest BCUT2D eigenvalue weighted by Crippen LogP contribution is 2.21. The zero-order valence-electron chi connectivity index (χ0n) is 9.80. The van der Waals surface area contributed by atoms with Crippen molar-refractivity contribution >= 4 is 11.9 Å². The summed E-state index contributed by atoms with van der Waals surface area (Å²) in [6.45, 7) is 4.41. The van der Waals surface area contributed by atoms with Crippen LogP contribution in [0.1, 0.15) is 33.6 Å². The topological polar surface area (TPSA) is 115 Å². The van der Waals surface area contributed by atoms with Crippen LogP contribution in [-0.2, 0) is 9.59 Å². The van der Waals surface area contributed by atoms with Crippen LogP contribution < -0.4 is 0 Å². The van der Waals surface area contributed by atoms with Crippen molar-refractivity contribution in [3.63, 3.8) is 0 Å². The van der Waals surface area contributed by atoms with Crippen LogP contribution in [-0.4, -0.2) is 45.1 Å². The number of carboxylic acid groups (broad SMARTS) is 2. The zero-order chi connectivity index (χ0) is 13.4. The van der Waals surface area contributed by atoms with E-state index in [9.17, 15) is 9.59 Å². The fourth-order valence-corrected chi connectivity index (χ4v) is 0.526. The molecule has 0 saturated carbocycles. The molecule has 0 saturated heterocycles. The number of hydrogen-bond acceptors (Lipinski definition) is 4. The molecule has 6 heteroatoms. The third kappa shape index (κ3) is 10.9. The summed E-state index contributed by atoms with van der Waals surface area (Å²) in [5.41, 5.74) is -0.932. The first-order valence-electron chi connectivity index (χ1n) is 4.87. The average molecular weight is 236 g/mol. The lowest BCUT2D eigenvalue weighted by molar-refractivity contribution is -0.148. The molecule has 0 fully saturated rings. The third-order valence-electron chi connectivity index (χ3n) is 1.81. The quantitative estimate of drug-likeness (QED) is 0.546. The third-order valence-corrected chi connectivity index (χ3v) is 1.81. The molecule has 0 aliphatic heterocycles. The lowest BCUT2D eigenvalue weighted by Gasteiger charge is -2.16. The number of aliphatic carboxylic acids is 2. The molecule has 0 aliphatic rings. The molecule has 0 heterocycles. The average Bonchev–Trinajstić information content (AvgIpc) is 2.15. The SMILES string of the molecule is CC(C)(CCC(=O)O)C(=O)O.CC(O)CO. The smallest absolute Gasteiger partial charge is 0.309 e. The molecule has 1 atom stereocenters. The molecule has 0 amide bonds. The van der Waals surface area contributed by atoms with Gasteiger partial charge in [0.1, 0.15) is 0 Å². The van der Waals surface area contributed by atoms with E-state index in [1.54, 1.807) is 0 Å². The predicted molar refractivity (Wildman–Crippen MR) is 57.1 cm³/mol. The van der Waals surface area contributed by atoms with E-state index in [2.05, 4.69) is 0 Å². The molecule has 16 heavy (non-hydrogen) atoms. The molecule has 0 radical (unpaired) electrons. The molecule has 4 N–H and O–H groups in total. The van der Waals surface area contributed by atoms with E-state index in [-0.39, 0.29) is 19.4 Å². The second-order valence-corrected chi connectivity index (χ2v) is 4.11. The number of carbonyl (C=O) groups is 2. The maximum Gasteiger partial charge on any atom is 0.309 e. The minimum absolute atomic E-state index is 0.0979. The first kappa shape index (κ1) is 17.3. The monoisotopic (exact) mass is 236 g/mol. The molecule has 0 aromatic heterocycles. The summed E-state index contributed by atoms with van der Waals surface area (Å²) in [5.74, 6) is -1.92. The molecule has 6 nitrogen and oxygen atoms in total. The maximum atomic E-state index is 10.4. The van der Waals surface area contributed by atoms with Crippen LogP contribution >= 0.6 is 0 Å². The van der Waals surface area contributed by atoms with Gasteiger partial charge >= 0.3 is 11.9 Å². The van der Waals surface area contributed by atoms with Gasteiger partial charge in [0, 0.05) is 6.42 Å². The van der Waals surface area contributed by atoms with Crippen molar-refractivity contribution in [3.8, 4) is 0 Å². The van der Waals surface area contributed by atoms with Crippen LogP contribution in [0.4, 0.5) is 0 Å². The van der Waals surface area contributed by atoms with E-state index in [1.807, 2.05) is 0 Å². The van der Waals surface area contributed by atoms with Crippen molar-refractivity contribution < 1.29 is 30.0 Å². The summed E-state index contributed by atoms with van der Waals surface area (Å²) in [7, 11) is 0. The summed E-state index contributed by atoms with van der Waals surface area (Å²) in [5, 5.41) is 32.8. The van der Waals surface area contributed by atoms with Crippen LogP contribution in [0.5, 0.6) is 0 Å². The number of hydrogen-bond donors (Lipinski definition) is 4. The van der Waals surface area contributed by atoms with Crippen molar-refractivity contribution in [1.29, 1.82) is 0 Å². The molecule has 0 bridgehead atoms. The normalized spacial score (nSPS) is 12.3. The maximum absolute atomic E-state index is 10.4. The first-order chi connectivity index (χ1) is 7.13. The van der Waals surface area contributed by atoms with Crippen molar-refractivity contribution in [2.75, 3.05) is 6.61 Å². The van der Waals surface area contributed by atoms with Crippen LogP contribution in [0.3, 0.4) is 0 Å². The Labute approximate surface area is 94.5 Å². The number of rotatable bonds is 5. The minimum atomic E-state index is -0.959. The van der Waals surface area contributed by atoms with E-state index < -0.39 is 23.5 Å². The number of aliphatic hydroxyl groups excluding tert-OH is 2. The Hall–Kier alpha value is -1.14. The van der Waals surface area contributed by atoms with E-state index >= 15 is 0 Å². The lowest BCUT2D eigenvalue weighted by atomic mass is 9.88. The van der Waals surface area contributed by atoms with E-state index in [0.717, 1.165) is 0 Å². The summed E-state index contributed by atoms with van der Waals surface area (Å²) >= 11 is 0. The van der Waals surface area contributed by atoms with Gasteiger partial charge in [-0.05, 0) is 27.2 Å². The van der Waals surface area contributed by atoms with Gasteiger partial charge < -0.3 is 20.4 Å². The molecule has 0 aliphatic carbocycles. The van der Waals surface area contributed by atoms with Gasteiger partial charge in [0.25, 0.3) is 0 Å². The van der Waals surface area contributed by atoms with Crippen LogP contribution in [0, 0.1) is 5.41 Å². The summed E-state index contributed by atoms with van der Waals surface area (Å²) in [6, 6.07) is 0. The van der Waals surface area contributed by atoms with Gasteiger partial charge in [-0.2, -0.15) is 0 Å². The van der Waals surface area contributed by atoms with E-state index in [1.165, 1.54) is 20.8 Å². The van der Waals surface area contributed by atoms with Gasteiger partial charge in [-0.15, -0.1) is 0 Å². The molecule has 0 aromatic rings. The Bertz CT molecular complexity index is 221. The summed E-state index contributed by atoms with van der Waals surface area (Å²) in [6.07, 6.45) is -0.494. The van der Waals surface area contributed by atoms with Gasteiger partial charge in [-0.3, -0.25) is 9.59 Å². The van der Waals surface area contributed by atoms with E-state index in [0.29, 0.717) is 0 Å².